The van der Waals surface area contributed by atoms with Crippen LogP contribution in [0.3, 0.4) is 0 Å². The van der Waals surface area contributed by atoms with Crippen LogP contribution >= 0.6 is 22.9 Å². The lowest BCUT2D eigenvalue weighted by atomic mass is 10.1. The van der Waals surface area contributed by atoms with Crippen LogP contribution in [-0.4, -0.2) is 9.81 Å². The summed E-state index contributed by atoms with van der Waals surface area (Å²) in [5, 5.41) is 1.26. The molecular formula is C15H16ClNO2S. The Morgan fingerprint density at radius 2 is 2.10 bits per heavy atom. The molecule has 0 saturated carbocycles. The number of nitrogens with zero attached hydrogens (tertiary/aromatic N) is 1. The van der Waals surface area contributed by atoms with Gasteiger partial charge in [-0.2, -0.15) is 0 Å². The molecule has 0 saturated heterocycles. The molecule has 0 aliphatic heterocycles. The lowest BCUT2D eigenvalue weighted by Crippen LogP contribution is -2.26. The number of halogens is 1. The highest BCUT2D eigenvalue weighted by molar-refractivity contribution is 7.13. The summed E-state index contributed by atoms with van der Waals surface area (Å²) in [5.41, 5.74) is 0.569. The quantitative estimate of drug-likeness (QED) is 0.783. The average molecular weight is 310 g/mol. The van der Waals surface area contributed by atoms with Gasteiger partial charge in [-0.3, -0.25) is 9.59 Å². The van der Waals surface area contributed by atoms with E-state index in [-0.39, 0.29) is 11.1 Å². The van der Waals surface area contributed by atoms with Crippen molar-refractivity contribution in [1.29, 1.82) is 0 Å². The summed E-state index contributed by atoms with van der Waals surface area (Å²) < 4.78 is 1.65. The van der Waals surface area contributed by atoms with E-state index in [4.69, 9.17) is 11.6 Å². The molecule has 20 heavy (non-hydrogen) atoms. The van der Waals surface area contributed by atoms with Crippen LogP contribution in [0.1, 0.15) is 30.6 Å². The number of pyridine rings is 1. The van der Waals surface area contributed by atoms with Crippen LogP contribution in [0.5, 0.6) is 0 Å². The molecule has 0 N–H and O–H groups in total. The van der Waals surface area contributed by atoms with Gasteiger partial charge >= 0.3 is 0 Å². The van der Waals surface area contributed by atoms with Crippen molar-refractivity contribution in [2.24, 2.45) is 5.92 Å². The summed E-state index contributed by atoms with van der Waals surface area (Å²) in [6, 6.07) is 7.22. The Balaban J connectivity index is 2.54. The highest BCUT2D eigenvalue weighted by Gasteiger charge is 2.15. The normalized spacial score (nSPS) is 11.0. The molecule has 0 spiro atoms. The number of carbonyl (C=O) groups excluding carboxylic acids is 1. The van der Waals surface area contributed by atoms with Crippen molar-refractivity contribution in [3.63, 3.8) is 0 Å². The minimum absolute atomic E-state index is 0.0377. The summed E-state index contributed by atoms with van der Waals surface area (Å²) in [4.78, 5) is 24.7. The fourth-order valence-electron chi connectivity index (χ4n) is 1.98. The summed E-state index contributed by atoms with van der Waals surface area (Å²) >= 11 is 7.04. The molecule has 3 nitrogen and oxygen atoms in total. The Hall–Kier alpha value is -1.39. The summed E-state index contributed by atoms with van der Waals surface area (Å²) in [6.07, 6.45) is 0.873. The van der Waals surface area contributed by atoms with E-state index in [1.54, 1.807) is 22.0 Å². The highest BCUT2D eigenvalue weighted by Crippen LogP contribution is 2.24. The molecule has 0 aliphatic rings. The number of hydrogen-bond donors (Lipinski definition) is 0. The molecule has 2 aromatic heterocycles. The lowest BCUT2D eigenvalue weighted by molar-refractivity contribution is 0.107. The van der Waals surface area contributed by atoms with Gasteiger partial charge in [0.15, 0.2) is 0 Å². The Labute approximate surface area is 126 Å². The Morgan fingerprint density at radius 3 is 2.65 bits per heavy atom. The number of thiophene rings is 1. The zero-order chi connectivity index (χ0) is 14.7. The third kappa shape index (κ3) is 3.19. The third-order valence-electron chi connectivity index (χ3n) is 3.09. The molecule has 0 aliphatic carbocycles. The van der Waals surface area contributed by atoms with Crippen molar-refractivity contribution in [1.82, 2.24) is 4.57 Å². The second kappa shape index (κ2) is 6.37. The number of carbonyl (C=O) groups is 1. The maximum Gasteiger partial charge on any atom is 0.263 e. The van der Waals surface area contributed by atoms with Crippen LogP contribution in [0.15, 0.2) is 34.4 Å². The largest absolute Gasteiger partial charge is 0.307 e. The smallest absolute Gasteiger partial charge is 0.263 e. The van der Waals surface area contributed by atoms with Crippen LogP contribution < -0.4 is 5.56 Å². The van der Waals surface area contributed by atoms with Crippen LogP contribution in [0.2, 0.25) is 0 Å². The molecule has 0 fully saturated rings. The van der Waals surface area contributed by atoms with Gasteiger partial charge in [-0.1, -0.05) is 19.9 Å². The second-order valence-corrected chi connectivity index (χ2v) is 6.31. The molecule has 0 radical (unpaired) electrons. The first-order chi connectivity index (χ1) is 9.50. The molecule has 0 unspecified atom stereocenters. The lowest BCUT2D eigenvalue weighted by Gasteiger charge is -2.14. The first kappa shape index (κ1) is 15.0. The number of aromatic nitrogens is 1. The van der Waals surface area contributed by atoms with E-state index in [9.17, 15) is 9.59 Å². The zero-order valence-electron chi connectivity index (χ0n) is 11.4. The zero-order valence-corrected chi connectivity index (χ0v) is 13.0. The number of hydrogen-bond acceptors (Lipinski definition) is 3. The molecule has 0 bridgehead atoms. The Morgan fingerprint density at radius 1 is 1.35 bits per heavy atom. The topological polar surface area (TPSA) is 39.1 Å². The molecule has 0 aromatic carbocycles. The van der Waals surface area contributed by atoms with E-state index in [1.807, 2.05) is 17.5 Å². The Kier molecular flexibility index (Phi) is 4.78. The van der Waals surface area contributed by atoms with E-state index in [0.29, 0.717) is 12.5 Å². The molecule has 106 valence electrons. The summed E-state index contributed by atoms with van der Waals surface area (Å²) in [5.74, 6) is 0.480. The van der Waals surface area contributed by atoms with E-state index in [2.05, 4.69) is 13.8 Å². The van der Waals surface area contributed by atoms with E-state index in [1.165, 1.54) is 6.07 Å². The van der Waals surface area contributed by atoms with Crippen LogP contribution in [0.25, 0.3) is 10.6 Å². The van der Waals surface area contributed by atoms with Crippen molar-refractivity contribution < 1.29 is 4.79 Å². The molecular weight excluding hydrogens is 294 g/mol. The fraction of sp³-hybridized carbons (Fsp3) is 0.333. The van der Waals surface area contributed by atoms with Crippen LogP contribution in [-0.2, 0) is 6.54 Å². The molecule has 2 rings (SSSR count). The molecule has 2 aromatic rings. The van der Waals surface area contributed by atoms with Crippen molar-refractivity contribution >= 4 is 28.2 Å². The first-order valence-electron chi connectivity index (χ1n) is 6.48. The highest BCUT2D eigenvalue weighted by atomic mass is 35.5. The first-order valence-corrected chi connectivity index (χ1v) is 7.74. The van der Waals surface area contributed by atoms with Gasteiger partial charge in [0, 0.05) is 6.54 Å². The van der Waals surface area contributed by atoms with E-state index < -0.39 is 5.24 Å². The van der Waals surface area contributed by atoms with E-state index in [0.717, 1.165) is 17.0 Å². The van der Waals surface area contributed by atoms with Gasteiger partial charge in [0.2, 0.25) is 0 Å². The van der Waals surface area contributed by atoms with Gasteiger partial charge in [0.25, 0.3) is 10.8 Å². The van der Waals surface area contributed by atoms with Gasteiger partial charge in [-0.05, 0) is 47.5 Å². The molecule has 5 heteroatoms. The molecule has 0 amide bonds. The third-order valence-corrected chi connectivity index (χ3v) is 4.19. The average Bonchev–Trinajstić information content (AvgIpc) is 2.89. The van der Waals surface area contributed by atoms with Crippen molar-refractivity contribution in [2.45, 2.75) is 26.8 Å². The van der Waals surface area contributed by atoms with Crippen LogP contribution in [0.4, 0.5) is 0 Å². The van der Waals surface area contributed by atoms with Gasteiger partial charge < -0.3 is 4.57 Å². The van der Waals surface area contributed by atoms with Crippen molar-refractivity contribution in [3.8, 4) is 10.6 Å². The molecule has 2 heterocycles. The fourth-order valence-corrected chi connectivity index (χ4v) is 2.88. The SMILES string of the molecule is CC(C)CCn1c(-c2cccs2)ccc(C(=O)Cl)c1=O. The van der Waals surface area contributed by atoms with Crippen LogP contribution in [0, 0.1) is 5.92 Å². The van der Waals surface area contributed by atoms with Crippen molar-refractivity contribution in [2.75, 3.05) is 0 Å². The minimum Gasteiger partial charge on any atom is -0.307 e. The predicted octanol–water partition coefficient (Wildman–Crippen LogP) is 4.00. The predicted molar refractivity (Wildman–Crippen MR) is 83.7 cm³/mol. The second-order valence-electron chi connectivity index (χ2n) is 5.02. The maximum atomic E-state index is 12.4. The minimum atomic E-state index is -0.703. The van der Waals surface area contributed by atoms with Gasteiger partial charge in [-0.25, -0.2) is 0 Å². The van der Waals surface area contributed by atoms with Gasteiger partial charge in [0.1, 0.15) is 0 Å². The summed E-state index contributed by atoms with van der Waals surface area (Å²) in [6.45, 7) is 4.79. The van der Waals surface area contributed by atoms with Gasteiger partial charge in [-0.15, -0.1) is 11.3 Å². The summed E-state index contributed by atoms with van der Waals surface area (Å²) in [7, 11) is 0. The number of rotatable bonds is 5. The van der Waals surface area contributed by atoms with Crippen molar-refractivity contribution in [3.05, 3.63) is 45.6 Å². The van der Waals surface area contributed by atoms with E-state index >= 15 is 0 Å². The Bertz CT molecular complexity index is 659. The van der Waals surface area contributed by atoms with Gasteiger partial charge in [0.05, 0.1) is 16.1 Å². The maximum absolute atomic E-state index is 12.4. The monoisotopic (exact) mass is 309 g/mol. The standard InChI is InChI=1S/C15H16ClNO2S/c1-10(2)7-8-17-12(13-4-3-9-20-13)6-5-11(14(16)18)15(17)19/h3-6,9-10H,7-8H2,1-2H3. The molecule has 0 atom stereocenters.